The number of rotatable bonds is 4. The van der Waals surface area contributed by atoms with E-state index >= 15 is 0 Å². The number of carbonyl (C=O) groups is 1. The summed E-state index contributed by atoms with van der Waals surface area (Å²) >= 11 is 0. The quantitative estimate of drug-likeness (QED) is 0.464. The molecule has 1 radical (unpaired) electrons. The molecule has 0 bridgehead atoms. The minimum atomic E-state index is -0.187. The van der Waals surface area contributed by atoms with Crippen molar-refractivity contribution in [1.29, 1.82) is 0 Å². The Labute approximate surface area is 220 Å². The molecule has 1 saturated carbocycles. The van der Waals surface area contributed by atoms with Gasteiger partial charge < -0.3 is 9.80 Å². The molecule has 2 aliphatic rings. The van der Waals surface area contributed by atoms with Crippen LogP contribution >= 0.6 is 0 Å². The van der Waals surface area contributed by atoms with Crippen LogP contribution in [0.2, 0.25) is 0 Å². The van der Waals surface area contributed by atoms with Crippen LogP contribution < -0.4 is 5.32 Å². The van der Waals surface area contributed by atoms with Gasteiger partial charge in [0.25, 0.3) is 5.91 Å². The first-order valence-corrected chi connectivity index (χ1v) is 12.2. The van der Waals surface area contributed by atoms with E-state index < -0.39 is 0 Å². The number of para-hydroxylation sites is 1. The van der Waals surface area contributed by atoms with E-state index in [0.29, 0.717) is 0 Å². The summed E-state index contributed by atoms with van der Waals surface area (Å²) < 4.78 is 1.02. The zero-order valence-corrected chi connectivity index (χ0v) is 23.5. The average molecular weight is 511 g/mol. The van der Waals surface area contributed by atoms with Gasteiger partial charge in [0.15, 0.2) is 5.54 Å². The molecule has 0 atom stereocenters. The van der Waals surface area contributed by atoms with Gasteiger partial charge >= 0.3 is 0 Å². The molecular weight excluding hydrogens is 469 g/mol. The second kappa shape index (κ2) is 12.4. The number of nitrogens with zero attached hydrogens (tertiary/aromatic N) is 1. The fourth-order valence-corrected chi connectivity index (χ4v) is 5.55. The van der Waals surface area contributed by atoms with Crippen molar-refractivity contribution in [2.24, 2.45) is 0 Å². The van der Waals surface area contributed by atoms with Gasteiger partial charge in [0.1, 0.15) is 0 Å². The molecule has 171 valence electrons. The Balaban J connectivity index is 0.000000388. The topological polar surface area (TPSA) is 29.1 Å². The van der Waals surface area contributed by atoms with Gasteiger partial charge in [0, 0.05) is 51.2 Å². The molecule has 0 spiro atoms. The summed E-state index contributed by atoms with van der Waals surface area (Å²) in [5.41, 5.74) is 4.49. The summed E-state index contributed by atoms with van der Waals surface area (Å²) in [5.74, 6) is 0.273. The van der Waals surface area contributed by atoms with Crippen LogP contribution in [0.3, 0.4) is 0 Å². The molecule has 4 heteroatoms. The van der Waals surface area contributed by atoms with Gasteiger partial charge in [0.05, 0.1) is 19.6 Å². The van der Waals surface area contributed by atoms with E-state index in [4.69, 9.17) is 0 Å². The molecule has 0 unspecified atom stereocenters. The maximum absolute atomic E-state index is 13.5. The molecule has 32 heavy (non-hydrogen) atoms. The Morgan fingerprint density at radius 2 is 1.41 bits per heavy atom. The first-order valence-electron chi connectivity index (χ1n) is 12.2. The molecule has 1 aliphatic heterocycles. The third-order valence-corrected chi connectivity index (χ3v) is 7.70. The second-order valence-corrected chi connectivity index (χ2v) is 9.58. The van der Waals surface area contributed by atoms with Crippen molar-refractivity contribution in [3.8, 4) is 0 Å². The van der Waals surface area contributed by atoms with Crippen LogP contribution in [-0.4, -0.2) is 35.6 Å². The van der Waals surface area contributed by atoms with Crippen molar-refractivity contribution in [2.45, 2.75) is 78.2 Å². The summed E-state index contributed by atoms with van der Waals surface area (Å²) in [4.78, 5) is 13.5. The van der Waals surface area contributed by atoms with Crippen molar-refractivity contribution in [3.63, 3.8) is 0 Å². The van der Waals surface area contributed by atoms with Gasteiger partial charge in [-0.05, 0) is 70.9 Å². The normalized spacial score (nSPS) is 18.6. The number of benzene rings is 2. The standard InChI is InChI=1S/C21H32N2O.C7H8.Y/c1-4-23(15-7-5-6-8-16-23)21(13-10-14-21)20(24)22-19-17(2)11-9-12-18(19)3;1-7-5-3-2-4-6-7;/h9,11-12H,4-8,10,13-16H2,1-3H3;2-6H,1H3;/p+1. The molecule has 1 N–H and O–H groups in total. The number of carbonyl (C=O) groups excluding carboxylic acids is 1. The summed E-state index contributed by atoms with van der Waals surface area (Å²) in [6.07, 6.45) is 8.50. The minimum absolute atomic E-state index is 0. The molecule has 3 nitrogen and oxygen atoms in total. The second-order valence-electron chi connectivity index (χ2n) is 9.58. The van der Waals surface area contributed by atoms with Crippen molar-refractivity contribution in [2.75, 3.05) is 25.0 Å². The van der Waals surface area contributed by atoms with Crippen LogP contribution in [0, 0.1) is 20.8 Å². The Morgan fingerprint density at radius 3 is 1.81 bits per heavy atom. The number of anilines is 1. The molecule has 2 aromatic rings. The van der Waals surface area contributed by atoms with Crippen molar-refractivity contribution >= 4 is 11.6 Å². The first kappa shape index (κ1) is 27.2. The number of quaternary nitrogens is 1. The van der Waals surface area contributed by atoms with Crippen LogP contribution in [0.4, 0.5) is 5.69 Å². The van der Waals surface area contributed by atoms with E-state index in [1.54, 1.807) is 0 Å². The van der Waals surface area contributed by atoms with Crippen molar-refractivity contribution in [1.82, 2.24) is 0 Å². The number of likely N-dealkylation sites (N-methyl/N-ethyl adjacent to an activating group) is 1. The third-order valence-electron chi connectivity index (χ3n) is 7.70. The van der Waals surface area contributed by atoms with Gasteiger partial charge in [-0.1, -0.05) is 54.1 Å². The number of hydrogen-bond donors (Lipinski definition) is 1. The molecule has 0 aromatic heterocycles. The maximum Gasteiger partial charge on any atom is 0.285 e. The van der Waals surface area contributed by atoms with Gasteiger partial charge in [-0.2, -0.15) is 0 Å². The fourth-order valence-electron chi connectivity index (χ4n) is 5.55. The summed E-state index contributed by atoms with van der Waals surface area (Å²) in [7, 11) is 0. The summed E-state index contributed by atoms with van der Waals surface area (Å²) in [6, 6.07) is 16.5. The van der Waals surface area contributed by atoms with Gasteiger partial charge in [-0.25, -0.2) is 0 Å². The Hall–Kier alpha value is -1.03. The van der Waals surface area contributed by atoms with Crippen LogP contribution in [0.15, 0.2) is 48.5 Å². The number of amides is 1. The average Bonchev–Trinajstić information content (AvgIpc) is 2.98. The minimum Gasteiger partial charge on any atom is -0.320 e. The van der Waals surface area contributed by atoms with Crippen LogP contribution in [0.25, 0.3) is 0 Å². The van der Waals surface area contributed by atoms with E-state index in [1.165, 1.54) is 50.8 Å². The smallest absolute Gasteiger partial charge is 0.285 e. The van der Waals surface area contributed by atoms with Crippen molar-refractivity contribution < 1.29 is 42.0 Å². The Kier molecular flexibility index (Phi) is 10.6. The number of nitrogens with one attached hydrogen (secondary N) is 1. The SMILES string of the molecule is CC[N+]1(C2(C(=O)Nc3c(C)cccc3C)CCC2)CCCCCC1.Cc1ccccc1.[Y]. The molecule has 2 fully saturated rings. The molecule has 4 rings (SSSR count). The molecule has 1 heterocycles. The first-order chi connectivity index (χ1) is 14.9. The van der Waals surface area contributed by atoms with Crippen LogP contribution in [-0.2, 0) is 37.5 Å². The largest absolute Gasteiger partial charge is 0.320 e. The zero-order chi connectivity index (χ0) is 22.3. The van der Waals surface area contributed by atoms with Gasteiger partial charge in [-0.3, -0.25) is 4.79 Å². The van der Waals surface area contributed by atoms with Crippen molar-refractivity contribution in [3.05, 3.63) is 65.2 Å². The molecule has 1 amide bonds. The maximum atomic E-state index is 13.5. The number of hydrogen-bond acceptors (Lipinski definition) is 1. The number of aryl methyl sites for hydroxylation is 3. The zero-order valence-electron chi connectivity index (χ0n) is 20.6. The summed E-state index contributed by atoms with van der Waals surface area (Å²) in [6.45, 7) is 12.0. The summed E-state index contributed by atoms with van der Waals surface area (Å²) in [5, 5.41) is 3.34. The molecule has 2 aromatic carbocycles. The molecule has 1 saturated heterocycles. The van der Waals surface area contributed by atoms with Gasteiger partial charge in [-0.15, -0.1) is 0 Å². The van der Waals surface area contributed by atoms with E-state index in [9.17, 15) is 4.79 Å². The molecular formula is C28H41N2OY+. The number of likely N-dealkylation sites (tertiary alicyclic amines) is 1. The monoisotopic (exact) mass is 510 g/mol. The fraction of sp³-hybridized carbons (Fsp3) is 0.536. The Morgan fingerprint density at radius 1 is 0.844 bits per heavy atom. The van der Waals surface area contributed by atoms with E-state index in [2.05, 4.69) is 63.3 Å². The predicted molar refractivity (Wildman–Crippen MR) is 131 cm³/mol. The van der Waals surface area contributed by atoms with Gasteiger partial charge in [0.2, 0.25) is 0 Å². The van der Waals surface area contributed by atoms with Crippen LogP contribution in [0.5, 0.6) is 0 Å². The molecule has 1 aliphatic carbocycles. The van der Waals surface area contributed by atoms with Crippen LogP contribution in [0.1, 0.15) is 68.6 Å². The Bertz CT molecular complexity index is 833. The van der Waals surface area contributed by atoms with E-state index in [-0.39, 0.29) is 44.2 Å². The van der Waals surface area contributed by atoms with E-state index in [1.807, 2.05) is 18.2 Å². The van der Waals surface area contributed by atoms with E-state index in [0.717, 1.165) is 40.7 Å². The third kappa shape index (κ3) is 5.90. The predicted octanol–water partition coefficient (Wildman–Crippen LogP) is 6.57.